The lowest BCUT2D eigenvalue weighted by Gasteiger charge is -2.32. The summed E-state index contributed by atoms with van der Waals surface area (Å²) in [6.07, 6.45) is 11.1. The quantitative estimate of drug-likeness (QED) is 0.629. The highest BCUT2D eigenvalue weighted by molar-refractivity contribution is 4.91. The monoisotopic (exact) mass is 238 g/mol. The van der Waals surface area contributed by atoms with Crippen molar-refractivity contribution in [3.05, 3.63) is 0 Å². The molecule has 1 N–H and O–H groups in total. The summed E-state index contributed by atoms with van der Waals surface area (Å²) in [6, 6.07) is 2.60. The van der Waals surface area contributed by atoms with Crippen LogP contribution in [-0.4, -0.2) is 36.1 Å². The third kappa shape index (κ3) is 4.59. The zero-order chi connectivity index (χ0) is 12.1. The zero-order valence-corrected chi connectivity index (χ0v) is 11.8. The van der Waals surface area contributed by atoms with Crippen LogP contribution in [0, 0.1) is 0 Å². The van der Waals surface area contributed by atoms with Crippen molar-refractivity contribution >= 4 is 0 Å². The van der Waals surface area contributed by atoms with Gasteiger partial charge in [0.05, 0.1) is 0 Å². The summed E-state index contributed by atoms with van der Waals surface area (Å²) in [4.78, 5) is 2.82. The van der Waals surface area contributed by atoms with E-state index < -0.39 is 0 Å². The number of hydrogen-bond donors (Lipinski definition) is 1. The molecule has 17 heavy (non-hydrogen) atoms. The SMILES string of the molecule is CCCCN(C1CC1)C(CCC)CNC1CC1. The van der Waals surface area contributed by atoms with Crippen molar-refractivity contribution in [2.45, 2.75) is 83.3 Å². The molecule has 0 aromatic rings. The van der Waals surface area contributed by atoms with Crippen LogP contribution in [-0.2, 0) is 0 Å². The predicted octanol–water partition coefficient (Wildman–Crippen LogP) is 3.17. The van der Waals surface area contributed by atoms with Gasteiger partial charge in [-0.3, -0.25) is 4.90 Å². The van der Waals surface area contributed by atoms with Crippen molar-refractivity contribution in [3.8, 4) is 0 Å². The van der Waals surface area contributed by atoms with Crippen molar-refractivity contribution in [2.24, 2.45) is 0 Å². The van der Waals surface area contributed by atoms with E-state index in [0.29, 0.717) is 0 Å². The highest BCUT2D eigenvalue weighted by Crippen LogP contribution is 2.30. The van der Waals surface area contributed by atoms with Gasteiger partial charge in [0.15, 0.2) is 0 Å². The molecule has 2 heteroatoms. The molecule has 2 rings (SSSR count). The van der Waals surface area contributed by atoms with Crippen molar-refractivity contribution in [3.63, 3.8) is 0 Å². The molecule has 0 aliphatic heterocycles. The number of unbranched alkanes of at least 4 members (excludes halogenated alkanes) is 1. The summed E-state index contributed by atoms with van der Waals surface area (Å²) < 4.78 is 0. The maximum Gasteiger partial charge on any atom is 0.0223 e. The van der Waals surface area contributed by atoms with Crippen LogP contribution in [0.25, 0.3) is 0 Å². The minimum absolute atomic E-state index is 0.805. The van der Waals surface area contributed by atoms with Gasteiger partial charge in [-0.05, 0) is 45.1 Å². The number of hydrogen-bond acceptors (Lipinski definition) is 2. The molecule has 0 heterocycles. The fourth-order valence-corrected chi connectivity index (χ4v) is 2.72. The Balaban J connectivity index is 1.79. The van der Waals surface area contributed by atoms with Gasteiger partial charge >= 0.3 is 0 Å². The van der Waals surface area contributed by atoms with E-state index in [1.54, 1.807) is 0 Å². The molecule has 0 saturated heterocycles. The second-order valence-electron chi connectivity index (χ2n) is 5.95. The second kappa shape index (κ2) is 6.75. The number of nitrogens with zero attached hydrogens (tertiary/aromatic N) is 1. The molecule has 0 amide bonds. The van der Waals surface area contributed by atoms with E-state index in [1.807, 2.05) is 0 Å². The topological polar surface area (TPSA) is 15.3 Å². The van der Waals surface area contributed by atoms with Gasteiger partial charge in [-0.2, -0.15) is 0 Å². The average molecular weight is 238 g/mol. The largest absolute Gasteiger partial charge is 0.312 e. The van der Waals surface area contributed by atoms with Gasteiger partial charge in [0.1, 0.15) is 0 Å². The molecule has 1 unspecified atom stereocenters. The van der Waals surface area contributed by atoms with E-state index >= 15 is 0 Å². The van der Waals surface area contributed by atoms with Crippen molar-refractivity contribution in [2.75, 3.05) is 13.1 Å². The van der Waals surface area contributed by atoms with Crippen LogP contribution in [0.3, 0.4) is 0 Å². The first kappa shape index (κ1) is 13.4. The van der Waals surface area contributed by atoms with E-state index in [0.717, 1.165) is 18.1 Å². The third-order valence-corrected chi connectivity index (χ3v) is 4.10. The lowest BCUT2D eigenvalue weighted by molar-refractivity contribution is 0.168. The molecule has 2 saturated carbocycles. The first-order valence-corrected chi connectivity index (χ1v) is 7.84. The Morgan fingerprint density at radius 3 is 2.41 bits per heavy atom. The Morgan fingerprint density at radius 1 is 1.12 bits per heavy atom. The van der Waals surface area contributed by atoms with Crippen LogP contribution in [0.15, 0.2) is 0 Å². The second-order valence-corrected chi connectivity index (χ2v) is 5.95. The molecule has 0 radical (unpaired) electrons. The van der Waals surface area contributed by atoms with E-state index in [4.69, 9.17) is 0 Å². The molecule has 2 nitrogen and oxygen atoms in total. The molecule has 1 atom stereocenters. The molecule has 0 bridgehead atoms. The van der Waals surface area contributed by atoms with Crippen LogP contribution in [0.4, 0.5) is 0 Å². The first-order chi connectivity index (χ1) is 8.35. The molecule has 0 spiro atoms. The Bertz CT molecular complexity index is 209. The van der Waals surface area contributed by atoms with Crippen LogP contribution in [0.2, 0.25) is 0 Å². The molecule has 0 aromatic carbocycles. The molecule has 2 aliphatic carbocycles. The summed E-state index contributed by atoms with van der Waals surface area (Å²) in [5.74, 6) is 0. The molecule has 100 valence electrons. The number of rotatable bonds is 10. The van der Waals surface area contributed by atoms with E-state index in [1.165, 1.54) is 64.5 Å². The smallest absolute Gasteiger partial charge is 0.0223 e. The van der Waals surface area contributed by atoms with E-state index in [-0.39, 0.29) is 0 Å². The summed E-state index contributed by atoms with van der Waals surface area (Å²) >= 11 is 0. The van der Waals surface area contributed by atoms with Crippen LogP contribution in [0.1, 0.15) is 65.2 Å². The minimum atomic E-state index is 0.805. The highest BCUT2D eigenvalue weighted by atomic mass is 15.2. The van der Waals surface area contributed by atoms with Gasteiger partial charge in [0.25, 0.3) is 0 Å². The maximum atomic E-state index is 3.74. The summed E-state index contributed by atoms with van der Waals surface area (Å²) in [6.45, 7) is 7.20. The van der Waals surface area contributed by atoms with Gasteiger partial charge in [0.2, 0.25) is 0 Å². The van der Waals surface area contributed by atoms with Crippen molar-refractivity contribution in [1.82, 2.24) is 10.2 Å². The highest BCUT2D eigenvalue weighted by Gasteiger charge is 2.33. The lowest BCUT2D eigenvalue weighted by atomic mass is 10.1. The summed E-state index contributed by atoms with van der Waals surface area (Å²) in [5.41, 5.74) is 0. The maximum absolute atomic E-state index is 3.74. The van der Waals surface area contributed by atoms with Crippen molar-refractivity contribution in [1.29, 1.82) is 0 Å². The van der Waals surface area contributed by atoms with Crippen LogP contribution in [0.5, 0.6) is 0 Å². The minimum Gasteiger partial charge on any atom is -0.312 e. The molecule has 2 aliphatic rings. The van der Waals surface area contributed by atoms with Gasteiger partial charge in [-0.25, -0.2) is 0 Å². The average Bonchev–Trinajstić information content (AvgIpc) is 3.17. The lowest BCUT2D eigenvalue weighted by Crippen LogP contribution is -2.44. The van der Waals surface area contributed by atoms with Gasteiger partial charge in [-0.1, -0.05) is 26.7 Å². The van der Waals surface area contributed by atoms with Crippen LogP contribution >= 0.6 is 0 Å². The van der Waals surface area contributed by atoms with E-state index in [9.17, 15) is 0 Å². The Morgan fingerprint density at radius 2 is 1.88 bits per heavy atom. The summed E-state index contributed by atoms with van der Waals surface area (Å²) in [5, 5.41) is 3.74. The third-order valence-electron chi connectivity index (χ3n) is 4.10. The Kier molecular flexibility index (Phi) is 5.30. The Hall–Kier alpha value is -0.0800. The molecule has 0 aromatic heterocycles. The van der Waals surface area contributed by atoms with Crippen LogP contribution < -0.4 is 5.32 Å². The molecular weight excluding hydrogens is 208 g/mol. The number of nitrogens with one attached hydrogen (secondary N) is 1. The van der Waals surface area contributed by atoms with Crippen molar-refractivity contribution < 1.29 is 0 Å². The predicted molar refractivity (Wildman–Crippen MR) is 74.4 cm³/mol. The van der Waals surface area contributed by atoms with Gasteiger partial charge < -0.3 is 5.32 Å². The summed E-state index contributed by atoms with van der Waals surface area (Å²) in [7, 11) is 0. The van der Waals surface area contributed by atoms with Gasteiger partial charge in [0, 0.05) is 24.7 Å². The standard InChI is InChI=1S/C15H30N2/c1-3-5-11-17(14-9-10-14)15(6-4-2)12-16-13-7-8-13/h13-16H,3-12H2,1-2H3. The van der Waals surface area contributed by atoms with Gasteiger partial charge in [-0.15, -0.1) is 0 Å². The molecular formula is C15H30N2. The fourth-order valence-electron chi connectivity index (χ4n) is 2.72. The Labute approximate surface area is 107 Å². The van der Waals surface area contributed by atoms with E-state index in [2.05, 4.69) is 24.1 Å². The first-order valence-electron chi connectivity index (χ1n) is 7.84. The zero-order valence-electron chi connectivity index (χ0n) is 11.8. The fraction of sp³-hybridized carbons (Fsp3) is 1.00. The molecule has 2 fully saturated rings. The normalized spacial score (nSPS) is 22.1.